The zero-order valence-electron chi connectivity index (χ0n) is 52.6. The van der Waals surface area contributed by atoms with Gasteiger partial charge in [0.2, 0.25) is 0 Å². The van der Waals surface area contributed by atoms with Gasteiger partial charge in [-0.2, -0.15) is 0 Å². The van der Waals surface area contributed by atoms with Crippen LogP contribution in [0, 0.1) is 41.4 Å². The molecule has 1 radical (unpaired) electrons. The Kier molecular flexibility index (Phi) is 9.31. The molecule has 4 aromatic rings. The van der Waals surface area contributed by atoms with Crippen LogP contribution in [0.5, 0.6) is 0 Å². The minimum atomic E-state index is -2.83. The van der Waals surface area contributed by atoms with Crippen molar-refractivity contribution < 1.29 is 37.0 Å². The van der Waals surface area contributed by atoms with Crippen molar-refractivity contribution in [2.45, 2.75) is 101 Å². The molecule has 0 spiro atoms. The fraction of sp³-hybridized carbons (Fsp3) is 0.366. The molecule has 1 nitrogen and oxygen atoms in total. The number of allylic oxidation sites excluding steroid dienone is 1. The summed E-state index contributed by atoms with van der Waals surface area (Å²) in [7, 11) is 4.34. The Balaban J connectivity index is 0. The van der Waals surface area contributed by atoms with Crippen molar-refractivity contribution in [1.82, 2.24) is 0 Å². The average molecular weight is 636 g/mol. The van der Waals surface area contributed by atoms with E-state index in [2.05, 4.69) is 24.8 Å². The molecule has 1 aliphatic rings. The van der Waals surface area contributed by atoms with Crippen LogP contribution in [0.25, 0.3) is 6.05 Å². The maximum atomic E-state index is 8.08. The van der Waals surface area contributed by atoms with Crippen LogP contribution in [0.4, 0.5) is 0 Å². The number of nitrogens with zero attached hydrogens (tertiary/aromatic N) is 1. The maximum absolute atomic E-state index is 8.08. The van der Waals surface area contributed by atoms with Crippen molar-refractivity contribution in [3.63, 3.8) is 0 Å². The van der Waals surface area contributed by atoms with Crippen molar-refractivity contribution in [2.24, 2.45) is 4.30 Å². The number of benzene rings is 4. The Morgan fingerprint density at radius 3 is 1.34 bits per heavy atom. The first-order chi connectivity index (χ1) is 31.5. The van der Waals surface area contributed by atoms with Gasteiger partial charge in [-0.25, -0.2) is 0 Å². The van der Waals surface area contributed by atoms with Gasteiger partial charge in [-0.05, 0) is 71.7 Å². The van der Waals surface area contributed by atoms with Crippen LogP contribution >= 0.6 is 12.8 Å². The van der Waals surface area contributed by atoms with E-state index in [4.69, 9.17) is 37.0 Å². The van der Waals surface area contributed by atoms with E-state index in [1.807, 2.05) is 0 Å². The fourth-order valence-corrected chi connectivity index (χ4v) is 2.00. The van der Waals surface area contributed by atoms with Gasteiger partial charge in [0.05, 0.1) is 24.7 Å². The molecule has 1 atom stereocenters. The van der Waals surface area contributed by atoms with E-state index in [9.17, 15) is 0 Å². The quantitative estimate of drug-likeness (QED) is 0.170. The minimum absolute atomic E-state index is 0. The molecule has 1 fully saturated rings. The Morgan fingerprint density at radius 2 is 1.07 bits per heavy atom. The summed E-state index contributed by atoms with van der Waals surface area (Å²) in [4.78, 5) is 0. The zero-order valence-corrected chi connectivity index (χ0v) is 26.5. The van der Waals surface area contributed by atoms with E-state index in [1.54, 1.807) is 13.8 Å². The van der Waals surface area contributed by atoms with Crippen LogP contribution in [0.3, 0.4) is 0 Å². The third-order valence-electron chi connectivity index (χ3n) is 4.35. The first kappa shape index (κ1) is 15.0. The summed E-state index contributed by atoms with van der Waals surface area (Å²) in [5.74, 6) is -1.85. The van der Waals surface area contributed by atoms with Gasteiger partial charge >= 0.3 is 24.8 Å². The molecule has 0 amide bonds. The van der Waals surface area contributed by atoms with Gasteiger partial charge < -0.3 is 0 Å². The molecule has 4 aromatic carbocycles. The molecule has 0 aromatic heterocycles. The second kappa shape index (κ2) is 27.4. The van der Waals surface area contributed by atoms with E-state index in [-0.39, 0.29) is 114 Å². The van der Waals surface area contributed by atoms with E-state index >= 15 is 0 Å². The Labute approximate surface area is 316 Å². The van der Waals surface area contributed by atoms with Crippen LogP contribution in [0.15, 0.2) is 107 Å². The third kappa shape index (κ3) is 25.3. The first-order valence-corrected chi connectivity index (χ1v) is 13.4. The van der Waals surface area contributed by atoms with Gasteiger partial charge in [-0.1, -0.05) is 183 Å². The van der Waals surface area contributed by atoms with E-state index < -0.39 is 61.3 Å². The molecule has 1 unspecified atom stereocenters. The molecule has 0 heterocycles. The molecule has 3 heteroatoms. The van der Waals surface area contributed by atoms with Crippen LogP contribution in [0.2, 0.25) is 0 Å². The SMILES string of the molecule is C.C1CC1.[2H]/C(C)=C(/[2H])c1c([2H])c([2H])c(C)c([2H])c1[2H].[2H]c1c([2H])c(C([2H])(C)C([2H])([2H])C)c([2H])c([2H])c1C.[2H]c1c([2H])c(C([2H])([2H])[2H])c([2H])c([2H])c1C([2H])([2H])[2H].[2H]c1c([2H])c(C)c([2H])c([2H])c1C.[B]=NS. The molecule has 1 saturated carbocycles. The van der Waals surface area contributed by atoms with Crippen LogP contribution < -0.4 is 0 Å². The fourth-order valence-electron chi connectivity index (χ4n) is 2.00. The van der Waals surface area contributed by atoms with E-state index in [0.29, 0.717) is 11.1 Å². The predicted octanol–water partition coefficient (Wildman–Crippen LogP) is 13.1. The third-order valence-corrected chi connectivity index (χ3v) is 4.35. The van der Waals surface area contributed by atoms with E-state index in [1.165, 1.54) is 53.9 Å². The van der Waals surface area contributed by atoms with Gasteiger partial charge in [-0.3, -0.25) is 0 Å². The average Bonchev–Trinajstić information content (AvgIpc) is 4.14. The van der Waals surface area contributed by atoms with Crippen LogP contribution in [0.1, 0.15) is 141 Å². The normalized spacial score (nSPS) is 21.8. The molecule has 0 saturated heterocycles. The molecular weight excluding hydrogens is 549 g/mol. The topological polar surface area (TPSA) is 12.4 Å². The van der Waals surface area contributed by atoms with Gasteiger partial charge in [-0.15, -0.1) is 0 Å². The summed E-state index contributed by atoms with van der Waals surface area (Å²) in [5, 5.41) is 0. The van der Waals surface area contributed by atoms with Crippen molar-refractivity contribution >= 4 is 26.5 Å². The zero-order chi connectivity index (χ0) is 55.8. The predicted molar refractivity (Wildman–Crippen MR) is 205 cm³/mol. The van der Waals surface area contributed by atoms with Crippen molar-refractivity contribution in [1.29, 1.82) is 0 Å². The van der Waals surface area contributed by atoms with Crippen LogP contribution in [-0.2, 0) is 0 Å². The Hall–Kier alpha value is -3.17. The summed E-state index contributed by atoms with van der Waals surface area (Å²) < 4.78 is 205. The summed E-state index contributed by atoms with van der Waals surface area (Å²) in [5.41, 5.74) is -0.527. The summed E-state index contributed by atoms with van der Waals surface area (Å²) in [6.07, 6.45) is 2.52. The number of thiol groups is 1. The Bertz CT molecular complexity index is 2330. The summed E-state index contributed by atoms with van der Waals surface area (Å²) >= 11 is 3.19. The van der Waals surface area contributed by atoms with Crippen LogP contribution in [-0.4, -0.2) is 7.64 Å². The number of rotatable bonds is 3. The monoisotopic (exact) mass is 636 g/mol. The molecule has 237 valence electrons. The molecule has 1 aliphatic carbocycles. The Morgan fingerprint density at radius 1 is 0.773 bits per heavy atom. The second-order valence-corrected chi connectivity index (χ2v) is 8.66. The van der Waals surface area contributed by atoms with Gasteiger partial charge in [0.15, 0.2) is 0 Å². The molecule has 44 heavy (non-hydrogen) atoms. The molecule has 0 aliphatic heterocycles. The second-order valence-electron chi connectivity index (χ2n) is 8.43. The van der Waals surface area contributed by atoms with Gasteiger partial charge in [0.25, 0.3) is 0 Å². The molecule has 0 N–H and O–H groups in total. The van der Waals surface area contributed by atoms with Gasteiger partial charge in [0, 0.05) is 12.3 Å². The standard InChI is InChI=1S/C11H16.C10H12.2C8H10.C3H6.CH4.BHNS/c1-4-10(3)11-7-5-9(2)6-8-11;1-3-4-10-7-5-9(2)6-8-10;2*1-7-3-5-8(2)6-4-7;1-2-3-1;;1-2-3/h5-8,10H,4H2,1-3H3;3-8H,1-2H3;2*3-6H,1-2H3;1-3H2;1H4;3H/b;4-3+;;;;;/i4D2,5D,6D,7D,8D,10D;3D,4D,5D,6D,7D,8D;1D3,2D3,3D,4D,5D,6D;3D,4D,5D,6D;;;. The van der Waals surface area contributed by atoms with Crippen molar-refractivity contribution in [3.05, 3.63) is 147 Å². The number of hydrogen-bond donors (Lipinski definition) is 1. The summed E-state index contributed by atoms with van der Waals surface area (Å²) in [6.45, 7) is 4.38. The van der Waals surface area contributed by atoms with Crippen molar-refractivity contribution in [2.75, 3.05) is 0 Å². The van der Waals surface area contributed by atoms with Gasteiger partial charge in [0.1, 0.15) is 0 Å². The van der Waals surface area contributed by atoms with E-state index in [0.717, 1.165) is 0 Å². The summed E-state index contributed by atoms with van der Waals surface area (Å²) in [6, 6.07) is -5.33. The molecule has 5 rings (SSSR count). The number of hydrogen-bond acceptors (Lipinski definition) is 2. The van der Waals surface area contributed by atoms with Crippen molar-refractivity contribution in [3.8, 4) is 0 Å². The molecule has 0 bridgehead atoms. The molecular formula is C41H59BNS. The first-order valence-electron chi connectivity index (χ1n) is 26.5.